The van der Waals surface area contributed by atoms with Crippen LogP contribution in [-0.2, 0) is 6.42 Å². The number of ketones is 1. The van der Waals surface area contributed by atoms with E-state index in [9.17, 15) is 4.79 Å². The Kier molecular flexibility index (Phi) is 3.05. The summed E-state index contributed by atoms with van der Waals surface area (Å²) in [7, 11) is 0. The fourth-order valence-electron chi connectivity index (χ4n) is 1.15. The Hall–Kier alpha value is -1.81. The Bertz CT molecular complexity index is 369. The van der Waals surface area contributed by atoms with Crippen LogP contribution in [0.4, 0.5) is 0 Å². The van der Waals surface area contributed by atoms with Gasteiger partial charge in [0.25, 0.3) is 0 Å². The highest BCUT2D eigenvalue weighted by atomic mass is 16.1. The number of allylic oxidation sites excluding steroid dienone is 1. The van der Waals surface area contributed by atoms with Crippen molar-refractivity contribution in [2.75, 3.05) is 0 Å². The summed E-state index contributed by atoms with van der Waals surface area (Å²) in [6, 6.07) is 7.30. The zero-order valence-corrected chi connectivity index (χ0v) is 7.29. The van der Waals surface area contributed by atoms with Gasteiger partial charge in [0.1, 0.15) is 0 Å². The molecule has 0 unspecified atom stereocenters. The molecule has 0 heterocycles. The summed E-state index contributed by atoms with van der Waals surface area (Å²) < 4.78 is 0. The number of terminal acetylenes is 1. The van der Waals surface area contributed by atoms with E-state index < -0.39 is 0 Å². The van der Waals surface area contributed by atoms with Crippen molar-refractivity contribution in [2.45, 2.75) is 6.42 Å². The molecule has 0 spiro atoms. The smallest absolute Gasteiger partial charge is 0.235 e. The van der Waals surface area contributed by atoms with Gasteiger partial charge in [-0.25, -0.2) is 0 Å². The second-order valence-corrected chi connectivity index (χ2v) is 2.62. The zero-order valence-electron chi connectivity index (χ0n) is 7.29. The van der Waals surface area contributed by atoms with Crippen molar-refractivity contribution in [3.05, 3.63) is 48.0 Å². The number of rotatable bonds is 3. The normalized spacial score (nSPS) is 8.85. The minimum atomic E-state index is -0.266. The second kappa shape index (κ2) is 4.27. The molecule has 1 aromatic rings. The molecule has 1 rings (SSSR count). The van der Waals surface area contributed by atoms with Crippen molar-refractivity contribution >= 4 is 5.78 Å². The molecule has 0 aromatic heterocycles. The molecule has 0 bridgehead atoms. The fraction of sp³-hybridized carbons (Fsp3) is 0.0833. The van der Waals surface area contributed by atoms with Gasteiger partial charge in [-0.05, 0) is 17.9 Å². The summed E-state index contributed by atoms with van der Waals surface area (Å²) in [6.07, 6.45) is 7.47. The molecule has 0 saturated carbocycles. The first-order chi connectivity index (χ1) is 6.29. The highest BCUT2D eigenvalue weighted by Gasteiger charge is 2.05. The Morgan fingerprint density at radius 1 is 1.54 bits per heavy atom. The van der Waals surface area contributed by atoms with Gasteiger partial charge < -0.3 is 0 Å². The maximum absolute atomic E-state index is 11.2. The predicted octanol–water partition coefficient (Wildman–Crippen LogP) is 2.23. The van der Waals surface area contributed by atoms with Gasteiger partial charge in [-0.15, -0.1) is 13.0 Å². The molecule has 0 fully saturated rings. The summed E-state index contributed by atoms with van der Waals surface area (Å²) in [6.45, 7) is 3.62. The maximum atomic E-state index is 11.2. The van der Waals surface area contributed by atoms with Crippen LogP contribution in [0.3, 0.4) is 0 Å². The third-order valence-electron chi connectivity index (χ3n) is 1.76. The zero-order chi connectivity index (χ0) is 9.68. The summed E-state index contributed by atoms with van der Waals surface area (Å²) in [5.41, 5.74) is 1.53. The number of carbonyl (C=O) groups excluding carboxylic acids is 1. The number of Topliss-reactive ketones (excluding diaryl/α,β-unsaturated/α-hetero) is 1. The minimum absolute atomic E-state index is 0.266. The van der Waals surface area contributed by atoms with E-state index in [-0.39, 0.29) is 5.78 Å². The molecule has 0 N–H and O–H groups in total. The van der Waals surface area contributed by atoms with Crippen molar-refractivity contribution in [1.82, 2.24) is 0 Å². The Morgan fingerprint density at radius 2 is 2.23 bits per heavy atom. The van der Waals surface area contributed by atoms with Crippen LogP contribution in [0.2, 0.25) is 0 Å². The average Bonchev–Trinajstić information content (AvgIpc) is 2.18. The Morgan fingerprint density at radius 3 is 2.85 bits per heavy atom. The number of hydrogen-bond acceptors (Lipinski definition) is 1. The summed E-state index contributed by atoms with van der Waals surface area (Å²) in [5.74, 6) is 1.84. The van der Waals surface area contributed by atoms with Crippen molar-refractivity contribution < 1.29 is 4.79 Å². The second-order valence-electron chi connectivity index (χ2n) is 2.62. The molecule has 0 amide bonds. The highest BCUT2D eigenvalue weighted by molar-refractivity contribution is 6.09. The standard InChI is InChI=1S/C12H10O/c1-3-7-10-8-5-6-9-11(10)12(13)4-2/h2-3,5-6,8-9H,1,7H2. The summed E-state index contributed by atoms with van der Waals surface area (Å²) >= 11 is 0. The van der Waals surface area contributed by atoms with Crippen LogP contribution < -0.4 is 0 Å². The largest absolute Gasteiger partial charge is 0.279 e. The van der Waals surface area contributed by atoms with Gasteiger partial charge in [0, 0.05) is 5.56 Å². The van der Waals surface area contributed by atoms with Crippen LogP contribution in [0.15, 0.2) is 36.9 Å². The van der Waals surface area contributed by atoms with Crippen LogP contribution in [0.5, 0.6) is 0 Å². The first-order valence-corrected chi connectivity index (χ1v) is 3.99. The van der Waals surface area contributed by atoms with Gasteiger partial charge in [0.15, 0.2) is 0 Å². The van der Waals surface area contributed by atoms with E-state index in [4.69, 9.17) is 6.42 Å². The molecule has 1 aromatic carbocycles. The van der Waals surface area contributed by atoms with E-state index in [0.29, 0.717) is 12.0 Å². The summed E-state index contributed by atoms with van der Waals surface area (Å²) in [4.78, 5) is 11.2. The third kappa shape index (κ3) is 2.07. The lowest BCUT2D eigenvalue weighted by atomic mass is 10.0. The van der Waals surface area contributed by atoms with Gasteiger partial charge in [-0.2, -0.15) is 0 Å². The van der Waals surface area contributed by atoms with E-state index >= 15 is 0 Å². The average molecular weight is 170 g/mol. The molecular weight excluding hydrogens is 160 g/mol. The molecule has 64 valence electrons. The van der Waals surface area contributed by atoms with Gasteiger partial charge in [0.2, 0.25) is 5.78 Å². The van der Waals surface area contributed by atoms with Crippen molar-refractivity contribution in [1.29, 1.82) is 0 Å². The van der Waals surface area contributed by atoms with E-state index in [2.05, 4.69) is 12.5 Å². The molecule has 0 atom stereocenters. The highest BCUT2D eigenvalue weighted by Crippen LogP contribution is 2.10. The molecule has 0 saturated heterocycles. The molecule has 1 heteroatoms. The number of hydrogen-bond donors (Lipinski definition) is 0. The number of carbonyl (C=O) groups is 1. The predicted molar refractivity (Wildman–Crippen MR) is 53.5 cm³/mol. The van der Waals surface area contributed by atoms with Crippen LogP contribution >= 0.6 is 0 Å². The van der Waals surface area contributed by atoms with Crippen LogP contribution in [-0.4, -0.2) is 5.78 Å². The van der Waals surface area contributed by atoms with Crippen LogP contribution in [0.25, 0.3) is 0 Å². The monoisotopic (exact) mass is 170 g/mol. The Balaban J connectivity index is 3.12. The Labute approximate surface area is 78.1 Å². The lowest BCUT2D eigenvalue weighted by molar-refractivity contribution is 0.105. The lowest BCUT2D eigenvalue weighted by Gasteiger charge is -2.01. The molecule has 13 heavy (non-hydrogen) atoms. The third-order valence-corrected chi connectivity index (χ3v) is 1.76. The molecule has 1 nitrogen and oxygen atoms in total. The first-order valence-electron chi connectivity index (χ1n) is 3.99. The molecular formula is C12H10O. The van der Waals surface area contributed by atoms with E-state index in [1.807, 2.05) is 12.1 Å². The minimum Gasteiger partial charge on any atom is -0.279 e. The quantitative estimate of drug-likeness (QED) is 0.294. The maximum Gasteiger partial charge on any atom is 0.235 e. The molecule has 0 aliphatic rings. The van der Waals surface area contributed by atoms with Gasteiger partial charge in [-0.1, -0.05) is 30.3 Å². The SMILES string of the molecule is C#CC(=O)c1ccccc1CC=C. The summed E-state index contributed by atoms with van der Waals surface area (Å²) in [5, 5.41) is 0. The molecule has 0 radical (unpaired) electrons. The van der Waals surface area contributed by atoms with Crippen LogP contribution in [0, 0.1) is 12.3 Å². The number of benzene rings is 1. The van der Waals surface area contributed by atoms with Crippen molar-refractivity contribution in [3.8, 4) is 12.3 Å². The van der Waals surface area contributed by atoms with Gasteiger partial charge in [0.05, 0.1) is 0 Å². The van der Waals surface area contributed by atoms with Crippen molar-refractivity contribution in [2.24, 2.45) is 0 Å². The van der Waals surface area contributed by atoms with E-state index in [1.165, 1.54) is 0 Å². The van der Waals surface area contributed by atoms with Crippen LogP contribution in [0.1, 0.15) is 15.9 Å². The van der Waals surface area contributed by atoms with Gasteiger partial charge in [-0.3, -0.25) is 4.79 Å². The fourth-order valence-corrected chi connectivity index (χ4v) is 1.15. The topological polar surface area (TPSA) is 17.1 Å². The molecule has 0 aliphatic carbocycles. The molecule has 0 aliphatic heterocycles. The van der Waals surface area contributed by atoms with E-state index in [1.54, 1.807) is 18.2 Å². The first kappa shape index (κ1) is 9.28. The van der Waals surface area contributed by atoms with Crippen molar-refractivity contribution in [3.63, 3.8) is 0 Å². The van der Waals surface area contributed by atoms with E-state index in [0.717, 1.165) is 5.56 Å². The van der Waals surface area contributed by atoms with Gasteiger partial charge >= 0.3 is 0 Å². The lowest BCUT2D eigenvalue weighted by Crippen LogP contribution is -1.99.